The SMILES string of the molecule is Cc1nonc1OCCn1nnnc1-c1ccccc1. The maximum absolute atomic E-state index is 5.46. The van der Waals surface area contributed by atoms with Crippen molar-refractivity contribution in [1.29, 1.82) is 0 Å². The predicted molar refractivity (Wildman–Crippen MR) is 67.8 cm³/mol. The van der Waals surface area contributed by atoms with Crippen LogP contribution in [0.3, 0.4) is 0 Å². The van der Waals surface area contributed by atoms with E-state index in [4.69, 9.17) is 4.74 Å². The first kappa shape index (κ1) is 12.3. The van der Waals surface area contributed by atoms with Crippen molar-refractivity contribution in [2.45, 2.75) is 13.5 Å². The van der Waals surface area contributed by atoms with Gasteiger partial charge in [-0.05, 0) is 22.5 Å². The highest BCUT2D eigenvalue weighted by molar-refractivity contribution is 5.53. The van der Waals surface area contributed by atoms with Crippen molar-refractivity contribution >= 4 is 0 Å². The van der Waals surface area contributed by atoms with Gasteiger partial charge in [0.1, 0.15) is 12.3 Å². The van der Waals surface area contributed by atoms with Crippen molar-refractivity contribution < 1.29 is 9.37 Å². The molecule has 2 aromatic heterocycles. The lowest BCUT2D eigenvalue weighted by molar-refractivity contribution is 0.244. The zero-order chi connectivity index (χ0) is 13.8. The van der Waals surface area contributed by atoms with Gasteiger partial charge >= 0.3 is 0 Å². The zero-order valence-electron chi connectivity index (χ0n) is 10.8. The Labute approximate surface area is 114 Å². The number of benzene rings is 1. The minimum absolute atomic E-state index is 0.375. The molecule has 3 rings (SSSR count). The van der Waals surface area contributed by atoms with Gasteiger partial charge in [0, 0.05) is 5.56 Å². The van der Waals surface area contributed by atoms with Crippen LogP contribution in [0.15, 0.2) is 35.0 Å². The fraction of sp³-hybridized carbons (Fsp3) is 0.250. The van der Waals surface area contributed by atoms with Crippen molar-refractivity contribution in [3.8, 4) is 17.3 Å². The normalized spacial score (nSPS) is 10.7. The molecule has 0 unspecified atom stereocenters. The lowest BCUT2D eigenvalue weighted by Gasteiger charge is -2.05. The molecule has 20 heavy (non-hydrogen) atoms. The van der Waals surface area contributed by atoms with Gasteiger partial charge < -0.3 is 4.74 Å². The minimum Gasteiger partial charge on any atom is -0.472 e. The maximum Gasteiger partial charge on any atom is 0.278 e. The van der Waals surface area contributed by atoms with E-state index in [0.717, 1.165) is 5.56 Å². The van der Waals surface area contributed by atoms with Gasteiger partial charge in [-0.2, -0.15) is 0 Å². The number of rotatable bonds is 5. The Kier molecular flexibility index (Phi) is 3.36. The maximum atomic E-state index is 5.46. The van der Waals surface area contributed by atoms with E-state index in [9.17, 15) is 0 Å². The van der Waals surface area contributed by atoms with Crippen LogP contribution < -0.4 is 4.74 Å². The molecule has 0 aliphatic carbocycles. The van der Waals surface area contributed by atoms with Gasteiger partial charge in [0.15, 0.2) is 5.82 Å². The van der Waals surface area contributed by atoms with Crippen molar-refractivity contribution in [2.24, 2.45) is 0 Å². The second-order valence-corrected chi connectivity index (χ2v) is 4.09. The van der Waals surface area contributed by atoms with Crippen molar-refractivity contribution in [3.05, 3.63) is 36.0 Å². The summed E-state index contributed by atoms with van der Waals surface area (Å²) in [4.78, 5) is 0. The highest BCUT2D eigenvalue weighted by Gasteiger charge is 2.10. The van der Waals surface area contributed by atoms with Crippen LogP contribution in [0.1, 0.15) is 5.69 Å². The zero-order valence-corrected chi connectivity index (χ0v) is 10.8. The second-order valence-electron chi connectivity index (χ2n) is 4.09. The summed E-state index contributed by atoms with van der Waals surface area (Å²) in [6.07, 6.45) is 0. The third-order valence-electron chi connectivity index (χ3n) is 2.72. The van der Waals surface area contributed by atoms with Gasteiger partial charge in [-0.1, -0.05) is 35.5 Å². The van der Waals surface area contributed by atoms with Gasteiger partial charge in [0.05, 0.1) is 6.54 Å². The van der Waals surface area contributed by atoms with Gasteiger partial charge in [-0.25, -0.2) is 9.31 Å². The van der Waals surface area contributed by atoms with Crippen LogP contribution in [0.25, 0.3) is 11.4 Å². The second kappa shape index (κ2) is 5.47. The van der Waals surface area contributed by atoms with Crippen LogP contribution in [-0.2, 0) is 6.54 Å². The molecule has 1 aromatic carbocycles. The number of ether oxygens (including phenoxy) is 1. The van der Waals surface area contributed by atoms with Gasteiger partial charge in [-0.3, -0.25) is 0 Å². The molecule has 8 nitrogen and oxygen atoms in total. The predicted octanol–water partition coefficient (Wildman–Crippen LogP) is 1.11. The molecule has 0 fully saturated rings. The molecule has 2 heterocycles. The molecule has 0 spiro atoms. The third kappa shape index (κ3) is 2.48. The van der Waals surface area contributed by atoms with Crippen molar-refractivity contribution in [2.75, 3.05) is 6.61 Å². The van der Waals surface area contributed by atoms with E-state index in [-0.39, 0.29) is 0 Å². The average molecular weight is 272 g/mol. The number of tetrazole rings is 1. The van der Waals surface area contributed by atoms with Crippen LogP contribution in [0.5, 0.6) is 5.88 Å². The van der Waals surface area contributed by atoms with Crippen molar-refractivity contribution in [1.82, 2.24) is 30.5 Å². The molecule has 0 N–H and O–H groups in total. The minimum atomic E-state index is 0.375. The van der Waals surface area contributed by atoms with Crippen molar-refractivity contribution in [3.63, 3.8) is 0 Å². The monoisotopic (exact) mass is 272 g/mol. The first-order valence-electron chi connectivity index (χ1n) is 6.08. The highest BCUT2D eigenvalue weighted by Crippen LogP contribution is 2.15. The summed E-state index contributed by atoms with van der Waals surface area (Å²) in [7, 11) is 0. The fourth-order valence-corrected chi connectivity index (χ4v) is 1.73. The summed E-state index contributed by atoms with van der Waals surface area (Å²) < 4.78 is 11.7. The average Bonchev–Trinajstić information content (AvgIpc) is 3.10. The first-order valence-corrected chi connectivity index (χ1v) is 6.08. The van der Waals surface area contributed by atoms with Crippen LogP contribution in [0.2, 0.25) is 0 Å². The number of aryl methyl sites for hydroxylation is 1. The van der Waals surface area contributed by atoms with E-state index in [1.54, 1.807) is 11.6 Å². The number of hydrogen-bond acceptors (Lipinski definition) is 7. The van der Waals surface area contributed by atoms with Gasteiger partial charge in [0.25, 0.3) is 5.88 Å². The molecule has 0 saturated carbocycles. The number of aromatic nitrogens is 6. The number of hydrogen-bond donors (Lipinski definition) is 0. The largest absolute Gasteiger partial charge is 0.472 e. The Morgan fingerprint density at radius 3 is 2.80 bits per heavy atom. The summed E-state index contributed by atoms with van der Waals surface area (Å²) in [5.74, 6) is 1.09. The Morgan fingerprint density at radius 2 is 2.05 bits per heavy atom. The third-order valence-corrected chi connectivity index (χ3v) is 2.72. The van der Waals surface area contributed by atoms with E-state index < -0.39 is 0 Å². The summed E-state index contributed by atoms with van der Waals surface area (Å²) >= 11 is 0. The molecule has 0 atom stereocenters. The van der Waals surface area contributed by atoms with E-state index in [2.05, 4.69) is 30.5 Å². The quantitative estimate of drug-likeness (QED) is 0.686. The summed E-state index contributed by atoms with van der Waals surface area (Å²) in [5.41, 5.74) is 1.57. The smallest absolute Gasteiger partial charge is 0.278 e. The van der Waals surface area contributed by atoms with E-state index in [0.29, 0.717) is 30.5 Å². The molecular weight excluding hydrogens is 260 g/mol. The lowest BCUT2D eigenvalue weighted by atomic mass is 10.2. The Balaban J connectivity index is 1.67. The molecule has 0 radical (unpaired) electrons. The topological polar surface area (TPSA) is 91.8 Å². The Hall–Kier alpha value is -2.77. The number of nitrogens with zero attached hydrogens (tertiary/aromatic N) is 6. The summed E-state index contributed by atoms with van der Waals surface area (Å²) in [5, 5.41) is 18.9. The van der Waals surface area contributed by atoms with E-state index in [1.807, 2.05) is 30.3 Å². The fourth-order valence-electron chi connectivity index (χ4n) is 1.73. The first-order chi connectivity index (χ1) is 9.84. The summed E-state index contributed by atoms with van der Waals surface area (Å²) in [6, 6.07) is 9.73. The van der Waals surface area contributed by atoms with Crippen LogP contribution in [-0.4, -0.2) is 37.1 Å². The van der Waals surface area contributed by atoms with Crippen LogP contribution >= 0.6 is 0 Å². The highest BCUT2D eigenvalue weighted by atomic mass is 16.6. The molecule has 102 valence electrons. The molecule has 3 aromatic rings. The lowest BCUT2D eigenvalue weighted by Crippen LogP contribution is -2.11. The van der Waals surface area contributed by atoms with E-state index in [1.165, 1.54) is 0 Å². The molecule has 0 bridgehead atoms. The molecular formula is C12H12N6O2. The van der Waals surface area contributed by atoms with E-state index >= 15 is 0 Å². The summed E-state index contributed by atoms with van der Waals surface area (Å²) in [6.45, 7) is 2.64. The van der Waals surface area contributed by atoms with Crippen LogP contribution in [0.4, 0.5) is 0 Å². The molecule has 8 heteroatoms. The molecule has 0 saturated heterocycles. The van der Waals surface area contributed by atoms with Gasteiger partial charge in [0.2, 0.25) is 0 Å². The molecule has 0 aliphatic rings. The standard InChI is InChI=1S/C12H12N6O2/c1-9-12(15-20-14-9)19-8-7-18-11(13-16-17-18)10-5-3-2-4-6-10/h2-6H,7-8H2,1H3. The molecule has 0 aliphatic heterocycles. The molecule has 0 amide bonds. The Bertz CT molecular complexity index is 678. The van der Waals surface area contributed by atoms with Gasteiger partial charge in [-0.15, -0.1) is 5.10 Å². The van der Waals surface area contributed by atoms with Crippen LogP contribution in [0, 0.1) is 6.92 Å². The Morgan fingerprint density at radius 1 is 1.20 bits per heavy atom.